The molecule has 1 fully saturated rings. The molecule has 2 heterocycles. The Hall–Kier alpha value is -2.43. The molecule has 0 N–H and O–H groups in total. The number of carbonyl (C=O) groups is 1. The largest absolute Gasteiger partial charge is 0.341 e. The van der Waals surface area contributed by atoms with Gasteiger partial charge in [0.2, 0.25) is 5.95 Å². The van der Waals surface area contributed by atoms with Crippen LogP contribution in [-0.2, 0) is 6.54 Å². The van der Waals surface area contributed by atoms with E-state index < -0.39 is 0 Å². The van der Waals surface area contributed by atoms with Crippen molar-refractivity contribution < 1.29 is 4.79 Å². The molecule has 1 aromatic heterocycles. The minimum Gasteiger partial charge on any atom is -0.341 e. The lowest BCUT2D eigenvalue weighted by atomic mass is 10.0. The van der Waals surface area contributed by atoms with Crippen molar-refractivity contribution in [2.75, 3.05) is 25.0 Å². The van der Waals surface area contributed by atoms with Crippen molar-refractivity contribution in [3.05, 3.63) is 53.9 Å². The number of aromatic nitrogens is 2. The van der Waals surface area contributed by atoms with Crippen LogP contribution in [0.4, 0.5) is 5.95 Å². The van der Waals surface area contributed by atoms with E-state index in [-0.39, 0.29) is 5.91 Å². The van der Waals surface area contributed by atoms with E-state index in [9.17, 15) is 4.79 Å². The Morgan fingerprint density at radius 1 is 1.25 bits per heavy atom. The molecule has 1 aromatic carbocycles. The minimum atomic E-state index is -0.0579. The van der Waals surface area contributed by atoms with Crippen molar-refractivity contribution >= 4 is 11.9 Å². The third kappa shape index (κ3) is 3.91. The van der Waals surface area contributed by atoms with Gasteiger partial charge in [-0.2, -0.15) is 0 Å². The molecule has 126 valence electrons. The molecule has 0 aliphatic carbocycles. The number of hydrogen-bond donors (Lipinski definition) is 0. The van der Waals surface area contributed by atoms with E-state index in [1.165, 1.54) is 12.8 Å². The number of benzene rings is 1. The molecule has 24 heavy (non-hydrogen) atoms. The molecule has 0 spiro atoms. The normalized spacial score (nSPS) is 17.6. The molecular formula is C19H24N4O. The summed E-state index contributed by atoms with van der Waals surface area (Å²) in [5.74, 6) is 1.34. The molecule has 0 saturated carbocycles. The van der Waals surface area contributed by atoms with Crippen LogP contribution in [0, 0.1) is 5.92 Å². The number of rotatable bonds is 4. The summed E-state index contributed by atoms with van der Waals surface area (Å²) in [5.41, 5.74) is 1.63. The predicted molar refractivity (Wildman–Crippen MR) is 94.9 cm³/mol. The molecule has 5 heteroatoms. The van der Waals surface area contributed by atoms with E-state index in [4.69, 9.17) is 0 Å². The van der Waals surface area contributed by atoms with E-state index in [0.717, 1.165) is 24.6 Å². The molecule has 1 aliphatic heterocycles. The van der Waals surface area contributed by atoms with E-state index >= 15 is 0 Å². The van der Waals surface area contributed by atoms with Gasteiger partial charge in [-0.25, -0.2) is 9.97 Å². The lowest BCUT2D eigenvalue weighted by molar-refractivity contribution is 0.0784. The Balaban J connectivity index is 1.65. The van der Waals surface area contributed by atoms with Gasteiger partial charge in [-0.15, -0.1) is 0 Å². The molecule has 1 amide bonds. The van der Waals surface area contributed by atoms with Crippen LogP contribution in [0.25, 0.3) is 0 Å². The first kappa shape index (κ1) is 16.4. The van der Waals surface area contributed by atoms with Gasteiger partial charge in [-0.05, 0) is 24.3 Å². The van der Waals surface area contributed by atoms with Crippen LogP contribution in [0.15, 0.2) is 42.7 Å². The third-order valence-electron chi connectivity index (χ3n) is 4.43. The van der Waals surface area contributed by atoms with E-state index in [1.54, 1.807) is 24.3 Å². The summed E-state index contributed by atoms with van der Waals surface area (Å²) in [5, 5.41) is 0. The summed E-state index contributed by atoms with van der Waals surface area (Å²) < 4.78 is 0. The van der Waals surface area contributed by atoms with Gasteiger partial charge in [-0.3, -0.25) is 4.79 Å². The quantitative estimate of drug-likeness (QED) is 0.867. The zero-order chi connectivity index (χ0) is 16.9. The molecule has 1 atom stereocenters. The van der Waals surface area contributed by atoms with Crippen LogP contribution >= 0.6 is 0 Å². The first-order valence-corrected chi connectivity index (χ1v) is 8.50. The van der Waals surface area contributed by atoms with Gasteiger partial charge in [0.25, 0.3) is 5.91 Å². The monoisotopic (exact) mass is 324 g/mol. The number of anilines is 1. The predicted octanol–water partition coefficient (Wildman–Crippen LogP) is 2.99. The van der Waals surface area contributed by atoms with Gasteiger partial charge < -0.3 is 9.80 Å². The average molecular weight is 324 g/mol. The van der Waals surface area contributed by atoms with Gasteiger partial charge in [0.15, 0.2) is 0 Å². The van der Waals surface area contributed by atoms with Crippen molar-refractivity contribution in [3.8, 4) is 0 Å². The lowest BCUT2D eigenvalue weighted by Crippen LogP contribution is -2.35. The highest BCUT2D eigenvalue weighted by molar-refractivity contribution is 5.93. The number of nitrogens with zero attached hydrogens (tertiary/aromatic N) is 4. The van der Waals surface area contributed by atoms with Crippen molar-refractivity contribution in [3.63, 3.8) is 0 Å². The van der Waals surface area contributed by atoms with Gasteiger partial charge in [0.05, 0.1) is 5.56 Å². The van der Waals surface area contributed by atoms with Crippen LogP contribution in [0.3, 0.4) is 0 Å². The van der Waals surface area contributed by atoms with E-state index in [1.807, 2.05) is 30.3 Å². The first-order chi connectivity index (χ1) is 11.6. The number of carbonyl (C=O) groups excluding carboxylic acids is 1. The Morgan fingerprint density at radius 2 is 1.96 bits per heavy atom. The van der Waals surface area contributed by atoms with Crippen LogP contribution in [0.1, 0.15) is 35.7 Å². The number of hydrogen-bond acceptors (Lipinski definition) is 4. The summed E-state index contributed by atoms with van der Waals surface area (Å²) in [6.45, 7) is 4.81. The van der Waals surface area contributed by atoms with Gasteiger partial charge in [0, 0.05) is 39.1 Å². The Labute approximate surface area is 143 Å². The SMILES string of the molecule is CC1CCCN(c2ncc(C(=O)N(C)Cc3ccccc3)cn2)C1. The molecule has 0 bridgehead atoms. The Bertz CT molecular complexity index is 672. The average Bonchev–Trinajstić information content (AvgIpc) is 2.62. The molecule has 2 aromatic rings. The summed E-state index contributed by atoms with van der Waals surface area (Å²) >= 11 is 0. The zero-order valence-electron chi connectivity index (χ0n) is 14.4. The van der Waals surface area contributed by atoms with Gasteiger partial charge in [0.1, 0.15) is 0 Å². The maximum absolute atomic E-state index is 12.5. The van der Waals surface area contributed by atoms with Gasteiger partial charge >= 0.3 is 0 Å². The second kappa shape index (κ2) is 7.43. The standard InChI is InChI=1S/C19H24N4O/c1-15-7-6-10-23(13-15)19-20-11-17(12-21-19)18(24)22(2)14-16-8-4-3-5-9-16/h3-5,8-9,11-12,15H,6-7,10,13-14H2,1-2H3. The number of amides is 1. The van der Waals surface area contributed by atoms with Crippen molar-refractivity contribution in [1.82, 2.24) is 14.9 Å². The highest BCUT2D eigenvalue weighted by atomic mass is 16.2. The second-order valence-electron chi connectivity index (χ2n) is 6.61. The molecule has 3 rings (SSSR count). The Morgan fingerprint density at radius 3 is 2.62 bits per heavy atom. The van der Waals surface area contributed by atoms with Crippen LogP contribution < -0.4 is 4.90 Å². The molecule has 5 nitrogen and oxygen atoms in total. The van der Waals surface area contributed by atoms with Crippen molar-refractivity contribution in [2.24, 2.45) is 5.92 Å². The topological polar surface area (TPSA) is 49.3 Å². The zero-order valence-corrected chi connectivity index (χ0v) is 14.4. The smallest absolute Gasteiger partial charge is 0.257 e. The second-order valence-corrected chi connectivity index (χ2v) is 6.61. The third-order valence-corrected chi connectivity index (χ3v) is 4.43. The van der Waals surface area contributed by atoms with E-state index in [2.05, 4.69) is 21.8 Å². The van der Waals surface area contributed by atoms with Crippen LogP contribution in [0.2, 0.25) is 0 Å². The molecule has 1 saturated heterocycles. The minimum absolute atomic E-state index is 0.0579. The first-order valence-electron chi connectivity index (χ1n) is 8.50. The highest BCUT2D eigenvalue weighted by Gasteiger charge is 2.19. The summed E-state index contributed by atoms with van der Waals surface area (Å²) in [7, 11) is 1.80. The summed E-state index contributed by atoms with van der Waals surface area (Å²) in [4.78, 5) is 25.2. The molecule has 0 radical (unpaired) electrons. The fourth-order valence-corrected chi connectivity index (χ4v) is 3.12. The number of piperidine rings is 1. The fourth-order valence-electron chi connectivity index (χ4n) is 3.12. The van der Waals surface area contributed by atoms with Crippen LogP contribution in [0.5, 0.6) is 0 Å². The van der Waals surface area contributed by atoms with Crippen molar-refractivity contribution in [1.29, 1.82) is 0 Å². The molecular weight excluding hydrogens is 300 g/mol. The van der Waals surface area contributed by atoms with Crippen LogP contribution in [-0.4, -0.2) is 40.9 Å². The molecule has 1 aliphatic rings. The fraction of sp³-hybridized carbons (Fsp3) is 0.421. The van der Waals surface area contributed by atoms with E-state index in [0.29, 0.717) is 18.0 Å². The Kier molecular flexibility index (Phi) is 5.08. The summed E-state index contributed by atoms with van der Waals surface area (Å²) in [6.07, 6.45) is 5.72. The summed E-state index contributed by atoms with van der Waals surface area (Å²) in [6, 6.07) is 9.96. The lowest BCUT2D eigenvalue weighted by Gasteiger charge is -2.30. The maximum atomic E-state index is 12.5. The van der Waals surface area contributed by atoms with Gasteiger partial charge in [-0.1, -0.05) is 37.3 Å². The molecule has 1 unspecified atom stereocenters. The maximum Gasteiger partial charge on any atom is 0.257 e. The highest BCUT2D eigenvalue weighted by Crippen LogP contribution is 2.19. The van der Waals surface area contributed by atoms with Crippen molar-refractivity contribution in [2.45, 2.75) is 26.3 Å².